The van der Waals surface area contributed by atoms with Gasteiger partial charge >= 0.3 is 0 Å². The summed E-state index contributed by atoms with van der Waals surface area (Å²) in [6, 6.07) is 3.31. The Labute approximate surface area is 121 Å². The number of likely N-dealkylation sites (N-methyl/N-ethyl adjacent to an activating group) is 1. The quantitative estimate of drug-likeness (QED) is 0.590. The normalized spacial score (nSPS) is 12.7. The zero-order valence-electron chi connectivity index (χ0n) is 10.6. The molecule has 18 heavy (non-hydrogen) atoms. The third-order valence-corrected chi connectivity index (χ3v) is 3.78. The van der Waals surface area contributed by atoms with Crippen LogP contribution in [-0.4, -0.2) is 19.8 Å². The Kier molecular flexibility index (Phi) is 7.15. The van der Waals surface area contributed by atoms with E-state index in [4.69, 9.17) is 16.3 Å². The average Bonchev–Trinajstić information content (AvgIpc) is 2.36. The van der Waals surface area contributed by atoms with Gasteiger partial charge in [-0.3, -0.25) is 0 Å². The molecule has 0 heterocycles. The molecule has 1 aromatic rings. The second kappa shape index (κ2) is 8.10. The molecule has 1 N–H and O–H groups in total. The molecule has 2 nitrogen and oxygen atoms in total. The highest BCUT2D eigenvalue weighted by molar-refractivity contribution is 9.10. The second-order valence-corrected chi connectivity index (χ2v) is 5.18. The number of halogens is 3. The molecule has 0 radical (unpaired) electrons. The summed E-state index contributed by atoms with van der Waals surface area (Å²) in [4.78, 5) is 0. The van der Waals surface area contributed by atoms with Crippen molar-refractivity contribution in [3.63, 3.8) is 0 Å². The predicted octanol–water partition coefficient (Wildman–Crippen LogP) is 4.32. The van der Waals surface area contributed by atoms with Crippen molar-refractivity contribution in [3.05, 3.63) is 33.0 Å². The lowest BCUT2D eigenvalue weighted by atomic mass is 10.1. The van der Waals surface area contributed by atoms with Crippen molar-refractivity contribution < 1.29 is 9.13 Å². The van der Waals surface area contributed by atoms with Gasteiger partial charge in [-0.1, -0.05) is 31.5 Å². The minimum absolute atomic E-state index is 0.117. The molecule has 102 valence electrons. The van der Waals surface area contributed by atoms with E-state index in [0.717, 1.165) is 13.0 Å². The Balaban J connectivity index is 2.87. The van der Waals surface area contributed by atoms with Crippen molar-refractivity contribution in [3.8, 4) is 0 Å². The molecule has 0 aliphatic rings. The predicted molar refractivity (Wildman–Crippen MR) is 76.6 cm³/mol. The molecule has 0 amide bonds. The molecule has 0 aliphatic carbocycles. The fourth-order valence-electron chi connectivity index (χ4n) is 1.66. The van der Waals surface area contributed by atoms with Gasteiger partial charge in [0.15, 0.2) is 0 Å². The minimum Gasteiger partial charge on any atom is -0.379 e. The number of nitrogens with one attached hydrogen (secondary N) is 1. The molecule has 0 bridgehead atoms. The van der Waals surface area contributed by atoms with Gasteiger partial charge in [0.25, 0.3) is 0 Å². The molecule has 1 rings (SSSR count). The molecule has 1 atom stereocenters. The highest BCUT2D eigenvalue weighted by atomic mass is 79.9. The van der Waals surface area contributed by atoms with E-state index in [1.165, 1.54) is 0 Å². The van der Waals surface area contributed by atoms with Crippen LogP contribution < -0.4 is 5.32 Å². The Morgan fingerprint density at radius 2 is 2.17 bits per heavy atom. The van der Waals surface area contributed by atoms with Gasteiger partial charge in [-0.2, -0.15) is 0 Å². The Hall–Kier alpha value is -0.160. The van der Waals surface area contributed by atoms with Crippen molar-refractivity contribution in [2.75, 3.05) is 19.8 Å². The van der Waals surface area contributed by atoms with Gasteiger partial charge in [0.1, 0.15) is 5.82 Å². The maximum absolute atomic E-state index is 14.1. The van der Waals surface area contributed by atoms with Crippen LogP contribution in [0.1, 0.15) is 31.9 Å². The fourth-order valence-corrected chi connectivity index (χ4v) is 2.14. The third kappa shape index (κ3) is 4.19. The number of hydrogen-bond acceptors (Lipinski definition) is 2. The topological polar surface area (TPSA) is 21.3 Å². The Bertz CT molecular complexity index is 389. The molecular weight excluding hydrogens is 321 g/mol. The van der Waals surface area contributed by atoms with E-state index in [-0.39, 0.29) is 11.1 Å². The van der Waals surface area contributed by atoms with Crippen molar-refractivity contribution >= 4 is 27.5 Å². The number of rotatable bonds is 7. The first-order valence-electron chi connectivity index (χ1n) is 6.06. The van der Waals surface area contributed by atoms with Crippen LogP contribution in [-0.2, 0) is 4.74 Å². The van der Waals surface area contributed by atoms with Gasteiger partial charge in [-0.15, -0.1) is 0 Å². The molecule has 1 aromatic carbocycles. The molecule has 0 aliphatic heterocycles. The van der Waals surface area contributed by atoms with Crippen LogP contribution in [0.4, 0.5) is 4.39 Å². The molecule has 5 heteroatoms. The SMILES string of the molecule is CCCOCC(NCC)c1ccc(Br)c(Cl)c1F. The largest absolute Gasteiger partial charge is 0.379 e. The zero-order chi connectivity index (χ0) is 13.5. The first-order chi connectivity index (χ1) is 8.61. The van der Waals surface area contributed by atoms with E-state index in [2.05, 4.69) is 21.2 Å². The smallest absolute Gasteiger partial charge is 0.147 e. The van der Waals surface area contributed by atoms with E-state index in [0.29, 0.717) is 23.2 Å². The summed E-state index contributed by atoms with van der Waals surface area (Å²) < 4.78 is 20.1. The van der Waals surface area contributed by atoms with Crippen molar-refractivity contribution in [1.29, 1.82) is 0 Å². The lowest BCUT2D eigenvalue weighted by Gasteiger charge is -2.19. The summed E-state index contributed by atoms with van der Waals surface area (Å²) >= 11 is 9.11. The van der Waals surface area contributed by atoms with Crippen LogP contribution >= 0.6 is 27.5 Å². The summed E-state index contributed by atoms with van der Waals surface area (Å²) in [7, 11) is 0. The molecule has 0 aromatic heterocycles. The highest BCUT2D eigenvalue weighted by Gasteiger charge is 2.18. The van der Waals surface area contributed by atoms with E-state index < -0.39 is 5.82 Å². The van der Waals surface area contributed by atoms with Gasteiger partial charge in [-0.05, 0) is 35.0 Å². The second-order valence-electron chi connectivity index (χ2n) is 3.95. The van der Waals surface area contributed by atoms with Gasteiger partial charge < -0.3 is 10.1 Å². The first kappa shape index (κ1) is 15.9. The van der Waals surface area contributed by atoms with Gasteiger partial charge in [0.05, 0.1) is 17.7 Å². The van der Waals surface area contributed by atoms with Crippen LogP contribution in [0.2, 0.25) is 5.02 Å². The maximum Gasteiger partial charge on any atom is 0.147 e. The summed E-state index contributed by atoms with van der Waals surface area (Å²) in [6.07, 6.45) is 0.947. The van der Waals surface area contributed by atoms with Crippen molar-refractivity contribution in [1.82, 2.24) is 5.32 Å². The highest BCUT2D eigenvalue weighted by Crippen LogP contribution is 2.30. The van der Waals surface area contributed by atoms with Gasteiger partial charge in [0, 0.05) is 16.6 Å². The van der Waals surface area contributed by atoms with Gasteiger partial charge in [-0.25, -0.2) is 4.39 Å². The standard InChI is InChI=1S/C13H18BrClFNO/c1-3-7-18-8-11(17-4-2)9-5-6-10(14)12(15)13(9)16/h5-6,11,17H,3-4,7-8H2,1-2H3. The molecular formula is C13H18BrClFNO. The average molecular weight is 339 g/mol. The molecule has 0 fully saturated rings. The molecule has 0 saturated carbocycles. The monoisotopic (exact) mass is 337 g/mol. The molecule has 0 saturated heterocycles. The summed E-state index contributed by atoms with van der Waals surface area (Å²) in [6.45, 7) is 5.88. The van der Waals surface area contributed by atoms with E-state index >= 15 is 0 Å². The van der Waals surface area contributed by atoms with Crippen LogP contribution in [0, 0.1) is 5.82 Å². The number of ether oxygens (including phenoxy) is 1. The maximum atomic E-state index is 14.1. The van der Waals surface area contributed by atoms with E-state index in [1.54, 1.807) is 12.1 Å². The van der Waals surface area contributed by atoms with Crippen LogP contribution in [0.3, 0.4) is 0 Å². The Morgan fingerprint density at radius 3 is 2.78 bits per heavy atom. The fraction of sp³-hybridized carbons (Fsp3) is 0.538. The van der Waals surface area contributed by atoms with Crippen LogP contribution in [0.25, 0.3) is 0 Å². The van der Waals surface area contributed by atoms with Crippen molar-refractivity contribution in [2.45, 2.75) is 26.3 Å². The molecule has 0 spiro atoms. The summed E-state index contributed by atoms with van der Waals surface area (Å²) in [5.41, 5.74) is 0.543. The lowest BCUT2D eigenvalue weighted by Crippen LogP contribution is -2.26. The van der Waals surface area contributed by atoms with Crippen molar-refractivity contribution in [2.24, 2.45) is 0 Å². The van der Waals surface area contributed by atoms with Crippen LogP contribution in [0.15, 0.2) is 16.6 Å². The zero-order valence-corrected chi connectivity index (χ0v) is 12.9. The number of benzene rings is 1. The summed E-state index contributed by atoms with van der Waals surface area (Å²) in [5, 5.41) is 3.32. The lowest BCUT2D eigenvalue weighted by molar-refractivity contribution is 0.111. The van der Waals surface area contributed by atoms with Crippen LogP contribution in [0.5, 0.6) is 0 Å². The third-order valence-electron chi connectivity index (χ3n) is 2.52. The molecule has 1 unspecified atom stereocenters. The first-order valence-corrected chi connectivity index (χ1v) is 7.23. The van der Waals surface area contributed by atoms with Gasteiger partial charge in [0.2, 0.25) is 0 Å². The Morgan fingerprint density at radius 1 is 1.44 bits per heavy atom. The summed E-state index contributed by atoms with van der Waals surface area (Å²) in [5.74, 6) is -0.392. The number of hydrogen-bond donors (Lipinski definition) is 1. The van der Waals surface area contributed by atoms with E-state index in [9.17, 15) is 4.39 Å². The van der Waals surface area contributed by atoms with E-state index in [1.807, 2.05) is 13.8 Å². The minimum atomic E-state index is -0.392.